The molecule has 27 heavy (non-hydrogen) atoms. The van der Waals surface area contributed by atoms with E-state index in [0.717, 1.165) is 26.3 Å². The van der Waals surface area contributed by atoms with Crippen molar-refractivity contribution in [1.82, 2.24) is 15.1 Å². The van der Waals surface area contributed by atoms with Gasteiger partial charge in [0.1, 0.15) is 0 Å². The average Bonchev–Trinajstić information content (AvgIpc) is 2.59. The van der Waals surface area contributed by atoms with Gasteiger partial charge in [-0.25, -0.2) is 0 Å². The first-order valence-corrected chi connectivity index (χ1v) is 17.4. The van der Waals surface area contributed by atoms with Gasteiger partial charge in [0.05, 0.1) is 0 Å². The fourth-order valence-electron chi connectivity index (χ4n) is 3.94. The summed E-state index contributed by atoms with van der Waals surface area (Å²) in [4.78, 5) is 5.32. The lowest BCUT2D eigenvalue weighted by molar-refractivity contribution is 0.187. The van der Waals surface area contributed by atoms with Crippen molar-refractivity contribution in [2.75, 3.05) is 65.6 Å². The first-order chi connectivity index (χ1) is 12.8. The minimum Gasteiger partial charge on any atom is -0.418 e. The van der Waals surface area contributed by atoms with Gasteiger partial charge >= 0.3 is 0 Å². The average molecular weight is 418 g/mol. The Balaban J connectivity index is 2.41. The zero-order valence-electron chi connectivity index (χ0n) is 19.1. The molecule has 0 aromatic rings. The van der Waals surface area contributed by atoms with Gasteiger partial charge in [-0.3, -0.25) is 4.90 Å². The SMILES string of the molecule is CCO[Si](C)(C)CCCN(CCC[Si](C)(C)OCC)CCN1CCNCC1. The van der Waals surface area contributed by atoms with Crippen LogP contribution in [0.5, 0.6) is 0 Å². The zero-order valence-corrected chi connectivity index (χ0v) is 21.1. The molecule has 1 aliphatic rings. The summed E-state index contributed by atoms with van der Waals surface area (Å²) in [6.45, 7) is 24.9. The number of nitrogens with one attached hydrogen (secondary N) is 1. The first kappa shape index (κ1) is 25.3. The summed E-state index contributed by atoms with van der Waals surface area (Å²) in [6.07, 6.45) is 2.54. The molecule has 0 saturated carbocycles. The third kappa shape index (κ3) is 12.4. The van der Waals surface area contributed by atoms with Crippen molar-refractivity contribution in [3.8, 4) is 0 Å². The van der Waals surface area contributed by atoms with Crippen LogP contribution in [0.15, 0.2) is 0 Å². The van der Waals surface area contributed by atoms with E-state index < -0.39 is 16.6 Å². The Morgan fingerprint density at radius 3 is 1.74 bits per heavy atom. The molecule has 1 saturated heterocycles. The normalized spacial score (nSPS) is 17.0. The van der Waals surface area contributed by atoms with E-state index in [0.29, 0.717) is 0 Å². The molecule has 5 nitrogen and oxygen atoms in total. The highest BCUT2D eigenvalue weighted by Crippen LogP contribution is 2.16. The Hall–Kier alpha value is 0.234. The molecule has 0 aromatic heterocycles. The van der Waals surface area contributed by atoms with Gasteiger partial charge in [-0.1, -0.05) is 0 Å². The molecule has 0 radical (unpaired) electrons. The van der Waals surface area contributed by atoms with Crippen LogP contribution < -0.4 is 5.32 Å². The summed E-state index contributed by atoms with van der Waals surface area (Å²) in [5.74, 6) is 0. The molecule has 0 bridgehead atoms. The quantitative estimate of drug-likeness (QED) is 0.413. The highest BCUT2D eigenvalue weighted by molar-refractivity contribution is 6.71. The van der Waals surface area contributed by atoms with E-state index in [1.807, 2.05) is 0 Å². The van der Waals surface area contributed by atoms with Crippen molar-refractivity contribution in [3.05, 3.63) is 0 Å². The van der Waals surface area contributed by atoms with E-state index in [1.165, 1.54) is 64.2 Å². The lowest BCUT2D eigenvalue weighted by atomic mass is 10.3. The summed E-state index contributed by atoms with van der Waals surface area (Å²) < 4.78 is 12.0. The Kier molecular flexibility index (Phi) is 12.6. The van der Waals surface area contributed by atoms with E-state index in [1.54, 1.807) is 0 Å². The minimum atomic E-state index is -1.46. The smallest absolute Gasteiger partial charge is 0.186 e. The number of piperazine rings is 1. The van der Waals surface area contributed by atoms with Crippen LogP contribution in [0.1, 0.15) is 26.7 Å². The van der Waals surface area contributed by atoms with Crippen LogP contribution in [-0.4, -0.2) is 92.0 Å². The van der Waals surface area contributed by atoms with Gasteiger partial charge in [-0.15, -0.1) is 0 Å². The summed E-state index contributed by atoms with van der Waals surface area (Å²) in [5.41, 5.74) is 0. The second-order valence-electron chi connectivity index (χ2n) is 9.03. The molecule has 0 atom stereocenters. The Morgan fingerprint density at radius 1 is 0.815 bits per heavy atom. The van der Waals surface area contributed by atoms with Gasteiger partial charge in [0, 0.05) is 52.5 Å². The predicted octanol–water partition coefficient (Wildman–Crippen LogP) is 3.46. The summed E-state index contributed by atoms with van der Waals surface area (Å²) in [5, 5.41) is 3.45. The number of hydrogen-bond acceptors (Lipinski definition) is 5. The van der Waals surface area contributed by atoms with Crippen molar-refractivity contribution in [3.63, 3.8) is 0 Å². The third-order valence-electron chi connectivity index (χ3n) is 5.52. The summed E-state index contributed by atoms with van der Waals surface area (Å²) >= 11 is 0. The highest BCUT2D eigenvalue weighted by Gasteiger charge is 2.23. The molecule has 0 unspecified atom stereocenters. The van der Waals surface area contributed by atoms with Gasteiger partial charge in [-0.05, 0) is 78.1 Å². The van der Waals surface area contributed by atoms with Crippen molar-refractivity contribution in [1.29, 1.82) is 0 Å². The standard InChI is InChI=1S/C20H47N3O2Si2/c1-7-24-26(3,4)19-9-13-22(14-10-20-27(5,6)25-8-2)17-18-23-15-11-21-12-16-23/h21H,7-20H2,1-6H3. The second kappa shape index (κ2) is 13.5. The topological polar surface area (TPSA) is 37.0 Å². The maximum atomic E-state index is 6.01. The fraction of sp³-hybridized carbons (Fsp3) is 1.00. The van der Waals surface area contributed by atoms with Crippen molar-refractivity contribution in [2.45, 2.75) is 65.0 Å². The third-order valence-corrected chi connectivity index (χ3v) is 10.8. The lowest BCUT2D eigenvalue weighted by Crippen LogP contribution is -2.46. The molecule has 1 heterocycles. The summed E-state index contributed by atoms with van der Waals surface area (Å²) in [6, 6.07) is 2.54. The van der Waals surface area contributed by atoms with Crippen LogP contribution >= 0.6 is 0 Å². The van der Waals surface area contributed by atoms with Gasteiger partial charge in [0.2, 0.25) is 0 Å². The Bertz CT molecular complexity index is 354. The molecule has 1 N–H and O–H groups in total. The van der Waals surface area contributed by atoms with Crippen LogP contribution in [0.4, 0.5) is 0 Å². The number of hydrogen-bond donors (Lipinski definition) is 1. The summed E-state index contributed by atoms with van der Waals surface area (Å²) in [7, 11) is -2.91. The molecule has 1 rings (SSSR count). The highest BCUT2D eigenvalue weighted by atomic mass is 28.4. The maximum absolute atomic E-state index is 6.01. The molecule has 0 aromatic carbocycles. The van der Waals surface area contributed by atoms with E-state index in [2.05, 4.69) is 55.2 Å². The maximum Gasteiger partial charge on any atom is 0.186 e. The van der Waals surface area contributed by atoms with Crippen molar-refractivity contribution in [2.24, 2.45) is 0 Å². The molecular weight excluding hydrogens is 370 g/mol. The first-order valence-electron chi connectivity index (χ1n) is 11.2. The van der Waals surface area contributed by atoms with Crippen LogP contribution in [0.25, 0.3) is 0 Å². The van der Waals surface area contributed by atoms with Crippen LogP contribution in [0, 0.1) is 0 Å². The van der Waals surface area contributed by atoms with Crippen LogP contribution in [0.2, 0.25) is 38.3 Å². The van der Waals surface area contributed by atoms with Crippen molar-refractivity contribution < 1.29 is 8.85 Å². The fourth-order valence-corrected chi connectivity index (χ4v) is 7.81. The Labute approximate surface area is 171 Å². The van der Waals surface area contributed by atoms with E-state index in [4.69, 9.17) is 8.85 Å². The van der Waals surface area contributed by atoms with Crippen LogP contribution in [0.3, 0.4) is 0 Å². The second-order valence-corrected chi connectivity index (χ2v) is 17.6. The van der Waals surface area contributed by atoms with E-state index in [9.17, 15) is 0 Å². The molecule has 0 amide bonds. The van der Waals surface area contributed by atoms with E-state index in [-0.39, 0.29) is 0 Å². The molecule has 7 heteroatoms. The van der Waals surface area contributed by atoms with Gasteiger partial charge < -0.3 is 19.1 Å². The number of rotatable bonds is 15. The van der Waals surface area contributed by atoms with Crippen molar-refractivity contribution >= 4 is 16.6 Å². The van der Waals surface area contributed by atoms with Gasteiger partial charge in [-0.2, -0.15) is 0 Å². The molecule has 162 valence electrons. The Morgan fingerprint density at radius 2 is 1.30 bits per heavy atom. The molecular formula is C20H47N3O2Si2. The monoisotopic (exact) mass is 417 g/mol. The van der Waals surface area contributed by atoms with Gasteiger partial charge in [0.25, 0.3) is 0 Å². The molecule has 1 fully saturated rings. The molecule has 1 aliphatic heterocycles. The lowest BCUT2D eigenvalue weighted by Gasteiger charge is -2.31. The minimum absolute atomic E-state index is 0.864. The van der Waals surface area contributed by atoms with Gasteiger partial charge in [0.15, 0.2) is 16.6 Å². The predicted molar refractivity (Wildman–Crippen MR) is 123 cm³/mol. The van der Waals surface area contributed by atoms with Crippen LogP contribution in [-0.2, 0) is 8.85 Å². The van der Waals surface area contributed by atoms with E-state index >= 15 is 0 Å². The number of nitrogens with zero attached hydrogens (tertiary/aromatic N) is 2. The zero-order chi connectivity index (χ0) is 20.2. The molecule has 0 aliphatic carbocycles. The largest absolute Gasteiger partial charge is 0.418 e. The molecule has 0 spiro atoms.